The lowest BCUT2D eigenvalue weighted by atomic mass is 10.1. The topological polar surface area (TPSA) is 99.4 Å². The van der Waals surface area contributed by atoms with Gasteiger partial charge in [-0.05, 0) is 49.2 Å². The van der Waals surface area contributed by atoms with Crippen LogP contribution in [-0.2, 0) is 4.79 Å². The second kappa shape index (κ2) is 9.18. The molecule has 1 aliphatic carbocycles. The van der Waals surface area contributed by atoms with Crippen molar-refractivity contribution in [2.45, 2.75) is 25.7 Å². The maximum Gasteiger partial charge on any atom is 0.227 e. The predicted octanol–water partition coefficient (Wildman–Crippen LogP) is 7.16. The first-order chi connectivity index (χ1) is 18.6. The van der Waals surface area contributed by atoms with Crippen LogP contribution in [0.25, 0.3) is 54.9 Å². The molecule has 9 heteroatoms. The summed E-state index contributed by atoms with van der Waals surface area (Å²) >= 11 is 1.13. The first kappa shape index (κ1) is 22.8. The number of carbonyl (C=O) groups excluding carboxylic acids is 1. The third kappa shape index (κ3) is 4.05. The molecular weight excluding hydrogens is 499 g/mol. The molecule has 7 rings (SSSR count). The van der Waals surface area contributed by atoms with Crippen molar-refractivity contribution in [3.8, 4) is 33.1 Å². The number of amides is 1. The molecule has 0 spiro atoms. The number of aromatic amines is 2. The van der Waals surface area contributed by atoms with E-state index >= 15 is 0 Å². The van der Waals surface area contributed by atoms with Gasteiger partial charge in [0, 0.05) is 44.4 Å². The summed E-state index contributed by atoms with van der Waals surface area (Å²) in [6, 6.07) is 15.2. The van der Waals surface area contributed by atoms with Crippen LogP contribution < -0.4 is 5.32 Å². The Hall–Kier alpha value is -4.37. The van der Waals surface area contributed by atoms with Gasteiger partial charge in [0.05, 0.1) is 35.0 Å². The Morgan fingerprint density at radius 2 is 1.89 bits per heavy atom. The molecule has 38 heavy (non-hydrogen) atoms. The highest BCUT2D eigenvalue weighted by Gasteiger charge is 2.23. The van der Waals surface area contributed by atoms with E-state index in [1.165, 1.54) is 6.07 Å². The first-order valence-electron chi connectivity index (χ1n) is 12.6. The summed E-state index contributed by atoms with van der Waals surface area (Å²) in [4.78, 5) is 25.9. The van der Waals surface area contributed by atoms with Crippen LogP contribution in [0.5, 0.6) is 0 Å². The van der Waals surface area contributed by atoms with Crippen molar-refractivity contribution < 1.29 is 9.18 Å². The minimum absolute atomic E-state index is 0.0606. The Labute approximate surface area is 221 Å². The Kier molecular flexibility index (Phi) is 5.51. The highest BCUT2D eigenvalue weighted by atomic mass is 32.1. The second-order valence-electron chi connectivity index (χ2n) is 9.67. The third-order valence-electron chi connectivity index (χ3n) is 7.23. The van der Waals surface area contributed by atoms with Crippen LogP contribution in [0.15, 0.2) is 67.1 Å². The Morgan fingerprint density at radius 3 is 2.74 bits per heavy atom. The third-order valence-corrected chi connectivity index (χ3v) is 8.14. The van der Waals surface area contributed by atoms with Gasteiger partial charge in [0.15, 0.2) is 5.13 Å². The highest BCUT2D eigenvalue weighted by Crippen LogP contribution is 2.37. The zero-order valence-corrected chi connectivity index (χ0v) is 21.1. The molecule has 1 aromatic carbocycles. The van der Waals surface area contributed by atoms with Crippen molar-refractivity contribution in [2.24, 2.45) is 5.92 Å². The average molecular weight is 523 g/mol. The van der Waals surface area contributed by atoms with E-state index in [1.807, 2.05) is 36.4 Å². The molecule has 1 amide bonds. The number of anilines is 1. The molecule has 1 saturated carbocycles. The van der Waals surface area contributed by atoms with Gasteiger partial charge in [-0.2, -0.15) is 9.49 Å². The van der Waals surface area contributed by atoms with Gasteiger partial charge < -0.3 is 10.3 Å². The average Bonchev–Trinajstić information content (AvgIpc) is 3.74. The number of thiophene rings is 1. The van der Waals surface area contributed by atoms with Gasteiger partial charge in [0.25, 0.3) is 0 Å². The van der Waals surface area contributed by atoms with Gasteiger partial charge in [-0.25, -0.2) is 0 Å². The molecular formula is C29H23FN6OS. The molecule has 0 saturated heterocycles. The monoisotopic (exact) mass is 522 g/mol. The summed E-state index contributed by atoms with van der Waals surface area (Å²) < 4.78 is 13.7. The van der Waals surface area contributed by atoms with Crippen molar-refractivity contribution in [2.75, 3.05) is 5.32 Å². The SMILES string of the molecule is O=C(Nc1cncc(-c2cc3c(-c4cc5c(-c6ccc(F)s6)cccc5[nH]4)n[nH]c3cn2)c1)C1CCCC1. The lowest BCUT2D eigenvalue weighted by Gasteiger charge is -2.11. The zero-order valence-electron chi connectivity index (χ0n) is 20.3. The first-order valence-corrected chi connectivity index (χ1v) is 13.4. The number of pyridine rings is 2. The van der Waals surface area contributed by atoms with Gasteiger partial charge >= 0.3 is 0 Å². The Balaban J connectivity index is 1.24. The number of fused-ring (bicyclic) bond motifs is 2. The quantitative estimate of drug-likeness (QED) is 0.224. The van der Waals surface area contributed by atoms with E-state index in [9.17, 15) is 9.18 Å². The normalized spacial score (nSPS) is 14.0. The van der Waals surface area contributed by atoms with Crippen molar-refractivity contribution in [1.82, 2.24) is 25.1 Å². The maximum atomic E-state index is 13.7. The fourth-order valence-corrected chi connectivity index (χ4v) is 6.09. The van der Waals surface area contributed by atoms with E-state index in [1.54, 1.807) is 18.6 Å². The number of halogens is 1. The minimum Gasteiger partial charge on any atom is -0.353 e. The summed E-state index contributed by atoms with van der Waals surface area (Å²) in [5.41, 5.74) is 6.56. The van der Waals surface area contributed by atoms with E-state index in [0.717, 1.165) is 91.9 Å². The smallest absolute Gasteiger partial charge is 0.227 e. The molecule has 0 radical (unpaired) electrons. The number of H-pyrrole nitrogens is 2. The fraction of sp³-hybridized carbons (Fsp3) is 0.172. The number of hydrogen-bond donors (Lipinski definition) is 3. The van der Waals surface area contributed by atoms with Crippen LogP contribution in [-0.4, -0.2) is 31.1 Å². The van der Waals surface area contributed by atoms with Crippen molar-refractivity contribution in [3.63, 3.8) is 0 Å². The number of aromatic nitrogens is 5. The molecule has 3 N–H and O–H groups in total. The van der Waals surface area contributed by atoms with E-state index in [4.69, 9.17) is 0 Å². The predicted molar refractivity (Wildman–Crippen MR) is 148 cm³/mol. The lowest BCUT2D eigenvalue weighted by Crippen LogP contribution is -2.20. The summed E-state index contributed by atoms with van der Waals surface area (Å²) in [5, 5.41) is 12.4. The maximum absolute atomic E-state index is 13.7. The van der Waals surface area contributed by atoms with Gasteiger partial charge in [0.2, 0.25) is 5.91 Å². The van der Waals surface area contributed by atoms with Crippen LogP contribution in [0.2, 0.25) is 0 Å². The number of benzene rings is 1. The number of nitrogens with zero attached hydrogens (tertiary/aromatic N) is 3. The minimum atomic E-state index is -0.206. The van der Waals surface area contributed by atoms with E-state index in [2.05, 4.69) is 36.5 Å². The van der Waals surface area contributed by atoms with Gasteiger partial charge in [-0.15, -0.1) is 11.3 Å². The standard InChI is InChI=1S/C29H23FN6OS/c30-27-9-8-26(38-27)19-6-3-7-22-20(19)11-24(34-22)28-21-12-23(32-15-25(21)35-36-28)17-10-18(14-31-13-17)33-29(37)16-4-1-2-5-16/h3,6-16,34H,1-2,4-5H2,(H,33,37)(H,35,36). The molecule has 7 nitrogen and oxygen atoms in total. The Morgan fingerprint density at radius 1 is 1.00 bits per heavy atom. The number of carbonyl (C=O) groups is 1. The molecule has 5 aromatic heterocycles. The molecule has 6 aromatic rings. The van der Waals surface area contributed by atoms with Crippen LogP contribution in [0.3, 0.4) is 0 Å². The van der Waals surface area contributed by atoms with Crippen molar-refractivity contribution in [1.29, 1.82) is 0 Å². The fourth-order valence-electron chi connectivity index (χ4n) is 5.32. The zero-order chi connectivity index (χ0) is 25.6. The largest absolute Gasteiger partial charge is 0.353 e. The highest BCUT2D eigenvalue weighted by molar-refractivity contribution is 7.14. The summed E-state index contributed by atoms with van der Waals surface area (Å²) in [5.74, 6) is 0.141. The molecule has 0 atom stereocenters. The van der Waals surface area contributed by atoms with Crippen molar-refractivity contribution in [3.05, 3.63) is 72.3 Å². The van der Waals surface area contributed by atoms with Gasteiger partial charge in [-0.3, -0.25) is 19.9 Å². The molecule has 0 unspecified atom stereocenters. The van der Waals surface area contributed by atoms with E-state index < -0.39 is 0 Å². The number of nitrogens with one attached hydrogen (secondary N) is 3. The molecule has 1 aliphatic rings. The van der Waals surface area contributed by atoms with Crippen LogP contribution in [0.1, 0.15) is 25.7 Å². The molecule has 0 aliphatic heterocycles. The second-order valence-corrected chi connectivity index (χ2v) is 10.7. The molecule has 5 heterocycles. The summed E-state index contributed by atoms with van der Waals surface area (Å²) in [7, 11) is 0. The number of hydrogen-bond acceptors (Lipinski definition) is 5. The molecule has 1 fully saturated rings. The van der Waals surface area contributed by atoms with Gasteiger partial charge in [0.1, 0.15) is 5.69 Å². The number of rotatable bonds is 5. The van der Waals surface area contributed by atoms with E-state index in [0.29, 0.717) is 5.69 Å². The van der Waals surface area contributed by atoms with Crippen LogP contribution >= 0.6 is 11.3 Å². The van der Waals surface area contributed by atoms with Crippen LogP contribution in [0, 0.1) is 11.0 Å². The summed E-state index contributed by atoms with van der Waals surface area (Å²) in [6.45, 7) is 0. The Bertz CT molecular complexity index is 1810. The van der Waals surface area contributed by atoms with Gasteiger partial charge in [-0.1, -0.05) is 25.0 Å². The van der Waals surface area contributed by atoms with Crippen molar-refractivity contribution >= 4 is 44.7 Å². The molecule has 0 bridgehead atoms. The van der Waals surface area contributed by atoms with Crippen LogP contribution in [0.4, 0.5) is 10.1 Å². The van der Waals surface area contributed by atoms with E-state index in [-0.39, 0.29) is 17.0 Å². The molecule has 188 valence electrons. The lowest BCUT2D eigenvalue weighted by molar-refractivity contribution is -0.119. The summed E-state index contributed by atoms with van der Waals surface area (Å²) in [6.07, 6.45) is 9.27.